The van der Waals surface area contributed by atoms with Gasteiger partial charge in [0, 0.05) is 6.54 Å². The SMILES string of the molecule is COc1ccc(CNc2ncnc(Nc3cc(C(F)(F)F)ccc3Cl)c2[N+](=O)[O-])cc1. The van der Waals surface area contributed by atoms with E-state index in [9.17, 15) is 23.3 Å². The fourth-order valence-corrected chi connectivity index (χ4v) is 2.79. The molecule has 12 heteroatoms. The number of alkyl halides is 3. The molecule has 0 fully saturated rings. The van der Waals surface area contributed by atoms with Gasteiger partial charge in [-0.15, -0.1) is 0 Å². The number of hydrogen-bond donors (Lipinski definition) is 2. The molecule has 2 aromatic carbocycles. The zero-order valence-corrected chi connectivity index (χ0v) is 16.7. The van der Waals surface area contributed by atoms with Crippen molar-refractivity contribution in [2.75, 3.05) is 17.7 Å². The highest BCUT2D eigenvalue weighted by Crippen LogP contribution is 2.37. The van der Waals surface area contributed by atoms with Crippen molar-refractivity contribution >= 4 is 34.6 Å². The van der Waals surface area contributed by atoms with Gasteiger partial charge in [0.05, 0.1) is 28.3 Å². The summed E-state index contributed by atoms with van der Waals surface area (Å²) in [5.41, 5.74) is -0.887. The number of halogens is 4. The van der Waals surface area contributed by atoms with Crippen LogP contribution in [0, 0.1) is 10.1 Å². The topological polar surface area (TPSA) is 102 Å². The Morgan fingerprint density at radius 2 is 1.81 bits per heavy atom. The summed E-state index contributed by atoms with van der Waals surface area (Å²) < 4.78 is 44.1. The van der Waals surface area contributed by atoms with E-state index in [1.54, 1.807) is 24.3 Å². The second kappa shape index (κ2) is 9.04. The highest BCUT2D eigenvalue weighted by molar-refractivity contribution is 6.33. The van der Waals surface area contributed by atoms with E-state index < -0.39 is 22.4 Å². The van der Waals surface area contributed by atoms with Gasteiger partial charge < -0.3 is 15.4 Å². The van der Waals surface area contributed by atoms with Crippen molar-refractivity contribution in [2.45, 2.75) is 12.7 Å². The number of nitro groups is 1. The van der Waals surface area contributed by atoms with Crippen LogP contribution in [0.15, 0.2) is 48.8 Å². The van der Waals surface area contributed by atoms with Crippen LogP contribution in [0.4, 0.5) is 36.2 Å². The van der Waals surface area contributed by atoms with Gasteiger partial charge in [0.2, 0.25) is 11.6 Å². The molecule has 3 rings (SSSR count). The molecule has 0 aliphatic carbocycles. The van der Waals surface area contributed by atoms with E-state index in [2.05, 4.69) is 20.6 Å². The average molecular weight is 454 g/mol. The van der Waals surface area contributed by atoms with E-state index in [0.29, 0.717) is 5.75 Å². The second-order valence-corrected chi connectivity index (χ2v) is 6.60. The van der Waals surface area contributed by atoms with E-state index in [1.807, 2.05) is 0 Å². The zero-order valence-electron chi connectivity index (χ0n) is 15.9. The van der Waals surface area contributed by atoms with Gasteiger partial charge >= 0.3 is 11.9 Å². The molecule has 31 heavy (non-hydrogen) atoms. The fraction of sp³-hybridized carbons (Fsp3) is 0.158. The van der Waals surface area contributed by atoms with Crippen LogP contribution in [0.3, 0.4) is 0 Å². The monoisotopic (exact) mass is 453 g/mol. The van der Waals surface area contributed by atoms with Crippen LogP contribution in [-0.4, -0.2) is 22.0 Å². The number of rotatable bonds is 7. The lowest BCUT2D eigenvalue weighted by Gasteiger charge is -2.13. The Kier molecular flexibility index (Phi) is 6.44. The van der Waals surface area contributed by atoms with Gasteiger partial charge in [0.25, 0.3) is 0 Å². The first kappa shape index (κ1) is 22.1. The van der Waals surface area contributed by atoms with Crippen molar-refractivity contribution in [3.63, 3.8) is 0 Å². The average Bonchev–Trinajstić information content (AvgIpc) is 2.73. The standard InChI is InChI=1S/C19H15ClF3N5O3/c1-31-13-5-2-11(3-6-13)9-24-17-16(28(29)30)18(26-10-25-17)27-15-8-12(19(21,22)23)4-7-14(15)20/h2-8,10H,9H2,1H3,(H2,24,25,26,27). The number of benzene rings is 2. The Balaban J connectivity index is 1.89. The van der Waals surface area contributed by atoms with Crippen LogP contribution >= 0.6 is 11.6 Å². The number of hydrogen-bond acceptors (Lipinski definition) is 7. The maximum absolute atomic E-state index is 13.0. The Morgan fingerprint density at radius 3 is 2.42 bits per heavy atom. The summed E-state index contributed by atoms with van der Waals surface area (Å²) in [6, 6.07) is 9.59. The summed E-state index contributed by atoms with van der Waals surface area (Å²) in [6.45, 7) is 0.200. The maximum atomic E-state index is 13.0. The van der Waals surface area contributed by atoms with E-state index in [1.165, 1.54) is 7.11 Å². The van der Waals surface area contributed by atoms with Gasteiger partial charge in [-0.25, -0.2) is 9.97 Å². The molecule has 8 nitrogen and oxygen atoms in total. The first-order chi connectivity index (χ1) is 14.7. The van der Waals surface area contributed by atoms with Crippen LogP contribution in [0.1, 0.15) is 11.1 Å². The third-order valence-electron chi connectivity index (χ3n) is 4.17. The van der Waals surface area contributed by atoms with Gasteiger partial charge in [0.1, 0.15) is 12.1 Å². The predicted molar refractivity (Wildman–Crippen MR) is 109 cm³/mol. The third kappa shape index (κ3) is 5.31. The molecule has 0 bridgehead atoms. The van der Waals surface area contributed by atoms with Crippen molar-refractivity contribution in [1.82, 2.24) is 9.97 Å². The normalized spacial score (nSPS) is 11.1. The number of methoxy groups -OCH3 is 1. The Hall–Kier alpha value is -3.60. The van der Waals surface area contributed by atoms with Crippen LogP contribution in [0.5, 0.6) is 5.75 Å². The van der Waals surface area contributed by atoms with Crippen molar-refractivity contribution in [3.8, 4) is 5.75 Å². The number of nitrogens with one attached hydrogen (secondary N) is 2. The van der Waals surface area contributed by atoms with Gasteiger partial charge in [-0.3, -0.25) is 10.1 Å². The quantitative estimate of drug-likeness (QED) is 0.363. The summed E-state index contributed by atoms with van der Waals surface area (Å²) in [4.78, 5) is 18.6. The number of nitrogens with zero attached hydrogens (tertiary/aromatic N) is 3. The number of anilines is 3. The van der Waals surface area contributed by atoms with Gasteiger partial charge in [-0.1, -0.05) is 23.7 Å². The van der Waals surface area contributed by atoms with Gasteiger partial charge in [0.15, 0.2) is 0 Å². The number of ether oxygens (including phenoxy) is 1. The molecule has 1 aromatic heterocycles. The minimum absolute atomic E-state index is 0.0614. The zero-order chi connectivity index (χ0) is 22.6. The molecular formula is C19H15ClF3N5O3. The van der Waals surface area contributed by atoms with E-state index in [4.69, 9.17) is 16.3 Å². The predicted octanol–water partition coefficient (Wildman–Crippen LogP) is 5.42. The van der Waals surface area contributed by atoms with Crippen LogP contribution < -0.4 is 15.4 Å². The molecule has 0 radical (unpaired) electrons. The highest BCUT2D eigenvalue weighted by atomic mass is 35.5. The molecule has 1 heterocycles. The molecule has 162 valence electrons. The molecule has 2 N–H and O–H groups in total. The van der Waals surface area contributed by atoms with Crippen LogP contribution in [0.2, 0.25) is 5.02 Å². The summed E-state index contributed by atoms with van der Waals surface area (Å²) >= 11 is 5.96. The lowest BCUT2D eigenvalue weighted by atomic mass is 10.2. The minimum atomic E-state index is -4.61. The Bertz CT molecular complexity index is 1090. The summed E-state index contributed by atoms with van der Waals surface area (Å²) in [5.74, 6) is 0.237. The fourth-order valence-electron chi connectivity index (χ4n) is 2.63. The first-order valence-corrected chi connectivity index (χ1v) is 9.07. The molecule has 0 saturated carbocycles. The lowest BCUT2D eigenvalue weighted by Crippen LogP contribution is -2.09. The van der Waals surface area contributed by atoms with E-state index in [0.717, 1.165) is 30.1 Å². The Labute approximate surface area is 179 Å². The largest absolute Gasteiger partial charge is 0.497 e. The van der Waals surface area contributed by atoms with Crippen molar-refractivity contribution in [1.29, 1.82) is 0 Å². The summed E-state index contributed by atoms with van der Waals surface area (Å²) in [5, 5.41) is 16.9. The van der Waals surface area contributed by atoms with Crippen LogP contribution in [-0.2, 0) is 12.7 Å². The lowest BCUT2D eigenvalue weighted by molar-refractivity contribution is -0.383. The summed E-state index contributed by atoms with van der Waals surface area (Å²) in [7, 11) is 1.53. The molecular weight excluding hydrogens is 439 g/mol. The van der Waals surface area contributed by atoms with E-state index in [-0.39, 0.29) is 28.9 Å². The molecule has 0 saturated heterocycles. The van der Waals surface area contributed by atoms with Crippen molar-refractivity contribution < 1.29 is 22.8 Å². The first-order valence-electron chi connectivity index (χ1n) is 8.69. The molecule has 0 amide bonds. The smallest absolute Gasteiger partial charge is 0.416 e. The summed E-state index contributed by atoms with van der Waals surface area (Å²) in [6.07, 6.45) is -3.56. The molecule has 0 atom stereocenters. The van der Waals surface area contributed by atoms with Crippen molar-refractivity contribution in [3.05, 3.63) is 75.1 Å². The van der Waals surface area contributed by atoms with E-state index >= 15 is 0 Å². The molecule has 0 unspecified atom stereocenters. The highest BCUT2D eigenvalue weighted by Gasteiger charge is 2.31. The molecule has 0 spiro atoms. The second-order valence-electron chi connectivity index (χ2n) is 6.20. The molecule has 3 aromatic rings. The van der Waals surface area contributed by atoms with Gasteiger partial charge in [-0.05, 0) is 35.9 Å². The third-order valence-corrected chi connectivity index (χ3v) is 4.50. The number of aromatic nitrogens is 2. The van der Waals surface area contributed by atoms with Gasteiger partial charge in [-0.2, -0.15) is 13.2 Å². The molecule has 0 aliphatic heterocycles. The molecule has 0 aliphatic rings. The minimum Gasteiger partial charge on any atom is -0.497 e. The van der Waals surface area contributed by atoms with Crippen molar-refractivity contribution in [2.24, 2.45) is 0 Å². The Morgan fingerprint density at radius 1 is 1.13 bits per heavy atom. The maximum Gasteiger partial charge on any atom is 0.416 e. The van der Waals surface area contributed by atoms with Crippen LogP contribution in [0.25, 0.3) is 0 Å².